The van der Waals surface area contributed by atoms with Crippen molar-refractivity contribution >= 4 is 16.1 Å². The van der Waals surface area contributed by atoms with Crippen LogP contribution in [0.5, 0.6) is 17.2 Å². The van der Waals surface area contributed by atoms with Crippen molar-refractivity contribution in [2.75, 3.05) is 12.9 Å². The van der Waals surface area contributed by atoms with Gasteiger partial charge in [-0.25, -0.2) is 9.18 Å². The van der Waals surface area contributed by atoms with Gasteiger partial charge in [-0.3, -0.25) is 4.94 Å². The summed E-state index contributed by atoms with van der Waals surface area (Å²) in [7, 11) is -2.24. The number of halogens is 2. The van der Waals surface area contributed by atoms with Crippen LogP contribution in [0.3, 0.4) is 0 Å². The second-order valence-electron chi connectivity index (χ2n) is 9.35. The summed E-state index contributed by atoms with van der Waals surface area (Å²) < 4.78 is 66.8. The van der Waals surface area contributed by atoms with E-state index in [-0.39, 0.29) is 36.8 Å². The topological polar surface area (TPSA) is 88.1 Å². The van der Waals surface area contributed by atoms with Crippen LogP contribution >= 0.6 is 0 Å². The van der Waals surface area contributed by atoms with Crippen molar-refractivity contribution in [1.29, 1.82) is 0 Å². The number of hydrogen-bond donors (Lipinski definition) is 0. The van der Waals surface area contributed by atoms with Crippen molar-refractivity contribution < 1.29 is 40.7 Å². The highest BCUT2D eigenvalue weighted by atomic mass is 32.2. The smallest absolute Gasteiger partial charge is 0.349 e. The zero-order valence-electron chi connectivity index (χ0n) is 22.7. The molecule has 0 bridgehead atoms. The number of unbranched alkanes of at least 4 members (excludes halogenated alkanes) is 1. The lowest BCUT2D eigenvalue weighted by Gasteiger charge is -2.14. The van der Waals surface area contributed by atoms with Crippen LogP contribution in [0.2, 0.25) is 0 Å². The van der Waals surface area contributed by atoms with Gasteiger partial charge in [-0.1, -0.05) is 43.7 Å². The molecule has 0 unspecified atom stereocenters. The number of hydrogen-bond acceptors (Lipinski definition) is 7. The van der Waals surface area contributed by atoms with E-state index in [1.165, 1.54) is 19.2 Å². The molecule has 3 aromatic rings. The molecule has 0 aliphatic heterocycles. The minimum atomic E-state index is -3.70. The Morgan fingerprint density at radius 2 is 1.60 bits per heavy atom. The first kappa shape index (κ1) is 30.9. The van der Waals surface area contributed by atoms with Gasteiger partial charge in [-0.15, -0.1) is 0 Å². The molecule has 0 saturated heterocycles. The lowest BCUT2D eigenvalue weighted by atomic mass is 10.0. The Morgan fingerprint density at radius 1 is 0.850 bits per heavy atom. The molecule has 0 fully saturated rings. The number of carbonyl (C=O) groups excluding carboxylic acids is 1. The predicted molar refractivity (Wildman–Crippen MR) is 147 cm³/mol. The third-order valence-corrected chi connectivity index (χ3v) is 7.45. The van der Waals surface area contributed by atoms with E-state index in [9.17, 15) is 22.1 Å². The van der Waals surface area contributed by atoms with Gasteiger partial charge in [-0.05, 0) is 84.7 Å². The van der Waals surface area contributed by atoms with E-state index in [1.807, 2.05) is 25.1 Å². The van der Waals surface area contributed by atoms with E-state index in [1.54, 1.807) is 30.3 Å². The monoisotopic (exact) mass is 576 g/mol. The van der Waals surface area contributed by atoms with Gasteiger partial charge in [0.15, 0.2) is 11.5 Å². The van der Waals surface area contributed by atoms with Gasteiger partial charge in [-0.2, -0.15) is 8.42 Å². The molecule has 0 aliphatic rings. The zero-order valence-corrected chi connectivity index (χ0v) is 23.5. The van der Waals surface area contributed by atoms with Crippen molar-refractivity contribution in [2.45, 2.75) is 58.5 Å². The van der Waals surface area contributed by atoms with Crippen molar-refractivity contribution in [3.8, 4) is 17.2 Å². The number of aryl methyl sites for hydroxylation is 3. The maximum Gasteiger partial charge on any atom is 0.349 e. The Hall–Kier alpha value is -3.66. The van der Waals surface area contributed by atoms with Crippen LogP contribution in [0, 0.1) is 5.82 Å². The van der Waals surface area contributed by atoms with Crippen LogP contribution < -0.4 is 13.7 Å². The molecule has 3 rings (SSSR count). The van der Waals surface area contributed by atoms with Crippen molar-refractivity contribution in [1.82, 2.24) is 0 Å². The van der Waals surface area contributed by atoms with Crippen LogP contribution in [0.4, 0.5) is 8.92 Å². The Bertz CT molecular complexity index is 1380. The summed E-state index contributed by atoms with van der Waals surface area (Å²) in [5.41, 5.74) is 3.31. The Labute approximate surface area is 234 Å². The average Bonchev–Trinajstić information content (AvgIpc) is 2.95. The Morgan fingerprint density at radius 3 is 2.33 bits per heavy atom. The van der Waals surface area contributed by atoms with Gasteiger partial charge in [0.2, 0.25) is 0 Å². The first-order chi connectivity index (χ1) is 19.2. The van der Waals surface area contributed by atoms with Crippen LogP contribution in [0.25, 0.3) is 0 Å². The SMILES string of the molecule is CCCCS(=O)(=O)Oc1ccc(CCCc2ccc(CCC(=O)OF)cc2OCc2cccc(F)c2)cc1OC. The van der Waals surface area contributed by atoms with Crippen LogP contribution in [0.1, 0.15) is 54.9 Å². The van der Waals surface area contributed by atoms with Crippen LogP contribution in [-0.4, -0.2) is 27.2 Å². The number of carbonyl (C=O) groups is 1. The van der Waals surface area contributed by atoms with Gasteiger partial charge >= 0.3 is 16.1 Å². The van der Waals surface area contributed by atoms with Gasteiger partial charge in [0.1, 0.15) is 18.2 Å². The predicted octanol–water partition coefficient (Wildman–Crippen LogP) is 6.46. The summed E-state index contributed by atoms with van der Waals surface area (Å²) >= 11 is 0. The quantitative estimate of drug-likeness (QED) is 0.181. The summed E-state index contributed by atoms with van der Waals surface area (Å²) in [6.07, 6.45) is 3.49. The molecular weight excluding hydrogens is 542 g/mol. The van der Waals surface area contributed by atoms with E-state index >= 15 is 0 Å². The van der Waals surface area contributed by atoms with Crippen LogP contribution in [0.15, 0.2) is 60.7 Å². The van der Waals surface area contributed by atoms with E-state index in [2.05, 4.69) is 4.94 Å². The molecule has 40 heavy (non-hydrogen) atoms. The highest BCUT2D eigenvalue weighted by Gasteiger charge is 2.16. The summed E-state index contributed by atoms with van der Waals surface area (Å²) in [6, 6.07) is 16.9. The molecule has 216 valence electrons. The molecule has 0 atom stereocenters. The Kier molecular flexibility index (Phi) is 11.7. The largest absolute Gasteiger partial charge is 0.493 e. The molecule has 0 amide bonds. The van der Waals surface area contributed by atoms with E-state index in [4.69, 9.17) is 13.7 Å². The second-order valence-corrected chi connectivity index (χ2v) is 11.0. The molecule has 0 heterocycles. The molecule has 7 nitrogen and oxygen atoms in total. The molecule has 0 saturated carbocycles. The molecular formula is C30H34F2O7S. The fraction of sp³-hybridized carbons (Fsp3) is 0.367. The summed E-state index contributed by atoms with van der Waals surface area (Å²) in [4.78, 5) is 14.5. The standard InChI is InChI=1S/C30H34F2O7S/c1-3-4-17-40(34,35)39-27-15-12-22(20-29(27)36-2)7-5-9-25-14-11-23(13-16-30(33)38-32)19-28(25)37-21-24-8-6-10-26(31)18-24/h6,8,10-12,14-15,18-20H,3-5,7,9,13,16-17,21H2,1-2H3. The van der Waals surface area contributed by atoms with Crippen molar-refractivity contribution in [3.63, 3.8) is 0 Å². The van der Waals surface area contributed by atoms with Gasteiger partial charge < -0.3 is 13.7 Å². The third-order valence-electron chi connectivity index (χ3n) is 6.22. The van der Waals surface area contributed by atoms with Gasteiger partial charge in [0.05, 0.1) is 19.3 Å². The third kappa shape index (κ3) is 9.82. The fourth-order valence-corrected chi connectivity index (χ4v) is 5.22. The molecule has 0 spiro atoms. The number of ether oxygens (including phenoxy) is 2. The van der Waals surface area contributed by atoms with E-state index < -0.39 is 16.1 Å². The highest BCUT2D eigenvalue weighted by molar-refractivity contribution is 7.87. The normalized spacial score (nSPS) is 11.2. The van der Waals surface area contributed by atoms with Gasteiger partial charge in [0.25, 0.3) is 0 Å². The molecule has 0 aliphatic carbocycles. The minimum Gasteiger partial charge on any atom is -0.493 e. The summed E-state index contributed by atoms with van der Waals surface area (Å²) in [5.74, 6) is -0.275. The van der Waals surface area contributed by atoms with E-state index in [0.29, 0.717) is 36.3 Å². The second kappa shape index (κ2) is 15.2. The van der Waals surface area contributed by atoms with Crippen LogP contribution in [-0.2, 0) is 45.7 Å². The first-order valence-corrected chi connectivity index (χ1v) is 14.7. The maximum atomic E-state index is 13.6. The number of rotatable bonds is 16. The van der Waals surface area contributed by atoms with Crippen molar-refractivity contribution in [3.05, 3.63) is 88.7 Å². The average molecular weight is 577 g/mol. The fourth-order valence-electron chi connectivity index (χ4n) is 4.09. The van der Waals surface area contributed by atoms with Gasteiger partial charge in [0, 0.05) is 4.53 Å². The minimum absolute atomic E-state index is 0.0588. The summed E-state index contributed by atoms with van der Waals surface area (Å²) in [6.45, 7) is 2.06. The lowest BCUT2D eigenvalue weighted by Crippen LogP contribution is -2.14. The van der Waals surface area contributed by atoms with E-state index in [0.717, 1.165) is 29.5 Å². The van der Waals surface area contributed by atoms with Crippen molar-refractivity contribution in [2.24, 2.45) is 0 Å². The highest BCUT2D eigenvalue weighted by Crippen LogP contribution is 2.31. The Balaban J connectivity index is 1.69. The molecule has 10 heteroatoms. The first-order valence-electron chi connectivity index (χ1n) is 13.1. The lowest BCUT2D eigenvalue weighted by molar-refractivity contribution is -0.183. The number of benzene rings is 3. The molecule has 3 aromatic carbocycles. The maximum absolute atomic E-state index is 13.6. The zero-order chi connectivity index (χ0) is 29.0. The summed E-state index contributed by atoms with van der Waals surface area (Å²) in [5, 5.41) is 0. The molecule has 0 N–H and O–H groups in total. The number of methoxy groups -OCH3 is 1. The molecule has 0 radical (unpaired) electrons. The molecule has 0 aromatic heterocycles.